The number of hydrogen-bond donors (Lipinski definition) is 2. The molecule has 0 spiro atoms. The topological polar surface area (TPSA) is 75.6 Å². The van der Waals surface area contributed by atoms with Gasteiger partial charge in [-0.15, -0.1) is 0 Å². The van der Waals surface area contributed by atoms with E-state index in [1.165, 1.54) is 6.08 Å². The van der Waals surface area contributed by atoms with E-state index >= 15 is 0 Å². The zero-order chi connectivity index (χ0) is 10.6. The van der Waals surface area contributed by atoms with Gasteiger partial charge in [-0.3, -0.25) is 4.79 Å². The van der Waals surface area contributed by atoms with Crippen LogP contribution in [-0.4, -0.2) is 35.7 Å². The second-order valence-corrected chi connectivity index (χ2v) is 3.11. The van der Waals surface area contributed by atoms with E-state index in [0.717, 1.165) is 0 Å². The molecular weight excluding hydrogens is 186 g/mol. The second-order valence-electron chi connectivity index (χ2n) is 3.11. The molecule has 1 aliphatic heterocycles. The molecule has 1 amide bonds. The zero-order valence-electron chi connectivity index (χ0n) is 7.73. The monoisotopic (exact) mass is 199 g/mol. The van der Waals surface area contributed by atoms with Gasteiger partial charge in [0.15, 0.2) is 6.10 Å². The molecule has 2 atom stereocenters. The average molecular weight is 199 g/mol. The number of nitrogens with one attached hydrogen (secondary N) is 1. The van der Waals surface area contributed by atoms with Crippen LogP contribution < -0.4 is 5.32 Å². The molecule has 0 aromatic carbocycles. The van der Waals surface area contributed by atoms with Crippen molar-refractivity contribution < 1.29 is 19.4 Å². The van der Waals surface area contributed by atoms with Gasteiger partial charge >= 0.3 is 5.97 Å². The van der Waals surface area contributed by atoms with Gasteiger partial charge in [-0.25, -0.2) is 4.79 Å². The maximum Gasteiger partial charge on any atom is 0.332 e. The number of amides is 1. The maximum absolute atomic E-state index is 10.8. The first-order valence-corrected chi connectivity index (χ1v) is 4.42. The maximum atomic E-state index is 10.8. The summed E-state index contributed by atoms with van der Waals surface area (Å²) in [6.07, 6.45) is 1.42. The van der Waals surface area contributed by atoms with Crippen molar-refractivity contribution in [2.24, 2.45) is 0 Å². The van der Waals surface area contributed by atoms with Crippen molar-refractivity contribution >= 4 is 11.9 Å². The van der Waals surface area contributed by atoms with Crippen LogP contribution in [0.2, 0.25) is 0 Å². The molecule has 0 radical (unpaired) electrons. The van der Waals surface area contributed by atoms with E-state index in [2.05, 4.69) is 11.9 Å². The van der Waals surface area contributed by atoms with Gasteiger partial charge in [0.1, 0.15) is 0 Å². The van der Waals surface area contributed by atoms with E-state index < -0.39 is 12.1 Å². The van der Waals surface area contributed by atoms with Crippen molar-refractivity contribution in [1.82, 2.24) is 5.32 Å². The van der Waals surface area contributed by atoms with Crippen molar-refractivity contribution in [1.29, 1.82) is 0 Å². The summed E-state index contributed by atoms with van der Waals surface area (Å²) < 4.78 is 5.17. The number of ether oxygens (including phenoxy) is 1. The largest absolute Gasteiger partial charge is 0.479 e. The fourth-order valence-corrected chi connectivity index (χ4v) is 1.32. The molecule has 78 valence electrons. The highest BCUT2D eigenvalue weighted by Crippen LogP contribution is 2.18. The van der Waals surface area contributed by atoms with Crippen molar-refractivity contribution in [2.45, 2.75) is 25.0 Å². The number of carbonyl (C=O) groups excluding carboxylic acids is 1. The summed E-state index contributed by atoms with van der Waals surface area (Å²) in [5.41, 5.74) is 0. The van der Waals surface area contributed by atoms with Crippen LogP contribution in [0, 0.1) is 0 Å². The van der Waals surface area contributed by atoms with Crippen LogP contribution in [0.5, 0.6) is 0 Å². The number of rotatable bonds is 4. The van der Waals surface area contributed by atoms with E-state index in [1.54, 1.807) is 0 Å². The van der Waals surface area contributed by atoms with E-state index in [-0.39, 0.29) is 12.0 Å². The summed E-state index contributed by atoms with van der Waals surface area (Å²) in [5.74, 6) is -1.21. The zero-order valence-corrected chi connectivity index (χ0v) is 7.73. The molecule has 14 heavy (non-hydrogen) atoms. The molecule has 0 aromatic rings. The third kappa shape index (κ3) is 2.85. The van der Waals surface area contributed by atoms with Gasteiger partial charge in [-0.2, -0.15) is 0 Å². The van der Waals surface area contributed by atoms with Gasteiger partial charge in [0.2, 0.25) is 5.91 Å². The van der Waals surface area contributed by atoms with Crippen LogP contribution in [0.4, 0.5) is 0 Å². The SMILES string of the molecule is C=CC(=O)NCC1CCC(C(=O)O)O1. The lowest BCUT2D eigenvalue weighted by Crippen LogP contribution is -2.31. The van der Waals surface area contributed by atoms with Gasteiger partial charge in [0.25, 0.3) is 0 Å². The number of carboxylic acids is 1. The summed E-state index contributed by atoms with van der Waals surface area (Å²) in [5, 5.41) is 11.2. The third-order valence-corrected chi connectivity index (χ3v) is 2.07. The molecule has 2 N–H and O–H groups in total. The molecule has 0 aromatic heterocycles. The number of carbonyl (C=O) groups is 2. The highest BCUT2D eigenvalue weighted by atomic mass is 16.5. The van der Waals surface area contributed by atoms with Crippen molar-refractivity contribution in [2.75, 3.05) is 6.54 Å². The first-order chi connectivity index (χ1) is 6.63. The van der Waals surface area contributed by atoms with Crippen molar-refractivity contribution in [3.63, 3.8) is 0 Å². The molecule has 2 unspecified atom stereocenters. The molecular formula is C9H13NO4. The minimum atomic E-state index is -0.942. The Kier molecular flexibility index (Phi) is 3.64. The van der Waals surface area contributed by atoms with Gasteiger partial charge in [0.05, 0.1) is 6.10 Å². The molecule has 5 heteroatoms. The van der Waals surface area contributed by atoms with E-state index in [4.69, 9.17) is 9.84 Å². The molecule has 1 fully saturated rings. The van der Waals surface area contributed by atoms with Gasteiger partial charge in [0, 0.05) is 6.54 Å². The van der Waals surface area contributed by atoms with E-state index in [1.807, 2.05) is 0 Å². The lowest BCUT2D eigenvalue weighted by Gasteiger charge is -2.10. The van der Waals surface area contributed by atoms with Crippen LogP contribution in [0.3, 0.4) is 0 Å². The second kappa shape index (κ2) is 4.76. The van der Waals surface area contributed by atoms with Crippen LogP contribution in [0.25, 0.3) is 0 Å². The smallest absolute Gasteiger partial charge is 0.332 e. The summed E-state index contributed by atoms with van der Waals surface area (Å²) in [7, 11) is 0. The van der Waals surface area contributed by atoms with Gasteiger partial charge in [-0.1, -0.05) is 6.58 Å². The lowest BCUT2D eigenvalue weighted by atomic mass is 10.2. The lowest BCUT2D eigenvalue weighted by molar-refractivity contribution is -0.149. The fraction of sp³-hybridized carbons (Fsp3) is 0.556. The molecule has 1 aliphatic rings. The minimum absolute atomic E-state index is 0.194. The Balaban J connectivity index is 2.26. The fourth-order valence-electron chi connectivity index (χ4n) is 1.32. The third-order valence-electron chi connectivity index (χ3n) is 2.07. The summed E-state index contributed by atoms with van der Waals surface area (Å²) in [4.78, 5) is 21.3. The Morgan fingerprint density at radius 3 is 2.79 bits per heavy atom. The summed E-state index contributed by atoms with van der Waals surface area (Å²) in [6.45, 7) is 3.64. The van der Waals surface area contributed by atoms with Crippen LogP contribution >= 0.6 is 0 Å². The number of aliphatic carboxylic acids is 1. The molecule has 1 saturated heterocycles. The molecule has 5 nitrogen and oxygen atoms in total. The Morgan fingerprint density at radius 2 is 2.29 bits per heavy atom. The van der Waals surface area contributed by atoms with Gasteiger partial charge in [-0.05, 0) is 18.9 Å². The standard InChI is InChI=1S/C9H13NO4/c1-2-8(11)10-5-6-3-4-7(14-6)9(12)13/h2,6-7H,1,3-5H2,(H,10,11)(H,12,13). The van der Waals surface area contributed by atoms with Crippen LogP contribution in [-0.2, 0) is 14.3 Å². The highest BCUT2D eigenvalue weighted by Gasteiger charge is 2.30. The summed E-state index contributed by atoms with van der Waals surface area (Å²) in [6, 6.07) is 0. The van der Waals surface area contributed by atoms with E-state index in [0.29, 0.717) is 19.4 Å². The predicted molar refractivity (Wildman–Crippen MR) is 48.7 cm³/mol. The molecule has 1 rings (SSSR count). The molecule has 0 bridgehead atoms. The highest BCUT2D eigenvalue weighted by molar-refractivity contribution is 5.86. The van der Waals surface area contributed by atoms with Crippen LogP contribution in [0.1, 0.15) is 12.8 Å². The average Bonchev–Trinajstić information content (AvgIpc) is 2.62. The van der Waals surface area contributed by atoms with Crippen molar-refractivity contribution in [3.05, 3.63) is 12.7 Å². The molecule has 1 heterocycles. The molecule has 0 aliphatic carbocycles. The summed E-state index contributed by atoms with van der Waals surface area (Å²) >= 11 is 0. The van der Waals surface area contributed by atoms with Gasteiger partial charge < -0.3 is 15.2 Å². The van der Waals surface area contributed by atoms with Crippen LogP contribution in [0.15, 0.2) is 12.7 Å². The number of hydrogen-bond acceptors (Lipinski definition) is 3. The Morgan fingerprint density at radius 1 is 1.57 bits per heavy atom. The predicted octanol–water partition coefficient (Wildman–Crippen LogP) is -0.0792. The van der Waals surface area contributed by atoms with E-state index in [9.17, 15) is 9.59 Å². The molecule has 0 saturated carbocycles. The number of carboxylic acid groups (broad SMARTS) is 1. The first-order valence-electron chi connectivity index (χ1n) is 4.42. The Hall–Kier alpha value is -1.36. The quantitative estimate of drug-likeness (QED) is 0.621. The Labute approximate surface area is 81.7 Å². The normalized spacial score (nSPS) is 25.7. The van der Waals surface area contributed by atoms with Crippen molar-refractivity contribution in [3.8, 4) is 0 Å². The minimum Gasteiger partial charge on any atom is -0.479 e. The first kappa shape index (κ1) is 10.7. The Bertz CT molecular complexity index is 251.